The zero-order chi connectivity index (χ0) is 15.2. The molecule has 0 spiro atoms. The van der Waals surface area contributed by atoms with Crippen molar-refractivity contribution in [3.05, 3.63) is 34.6 Å². The number of thioether (sulfide) groups is 1. The molecule has 1 N–H and O–H groups in total. The second-order valence-corrected chi connectivity index (χ2v) is 7.16. The Morgan fingerprint density at radius 2 is 2.33 bits per heavy atom. The second-order valence-electron chi connectivity index (χ2n) is 5.60. The third-order valence-corrected chi connectivity index (χ3v) is 5.38. The van der Waals surface area contributed by atoms with Gasteiger partial charge in [-0.2, -0.15) is 11.8 Å². The van der Waals surface area contributed by atoms with Gasteiger partial charge in [0.15, 0.2) is 0 Å². The molecule has 2 unspecified atom stereocenters. The number of nitrogens with one attached hydrogen (secondary N) is 1. The molecule has 1 saturated heterocycles. The Kier molecular flexibility index (Phi) is 6.80. The molecule has 0 aliphatic carbocycles. The molecule has 1 aromatic carbocycles. The van der Waals surface area contributed by atoms with Gasteiger partial charge in [-0.1, -0.05) is 30.7 Å². The largest absolute Gasteiger partial charge is 0.312 e. The Labute approximate surface area is 136 Å². The van der Waals surface area contributed by atoms with Gasteiger partial charge in [-0.25, -0.2) is 4.39 Å². The second kappa shape index (κ2) is 8.37. The predicted molar refractivity (Wildman–Crippen MR) is 90.9 cm³/mol. The molecule has 1 fully saturated rings. The van der Waals surface area contributed by atoms with Crippen molar-refractivity contribution in [3.63, 3.8) is 0 Å². The van der Waals surface area contributed by atoms with Crippen LogP contribution in [0.25, 0.3) is 0 Å². The molecular weight excluding hydrogens is 307 g/mol. The van der Waals surface area contributed by atoms with Crippen molar-refractivity contribution in [1.29, 1.82) is 0 Å². The summed E-state index contributed by atoms with van der Waals surface area (Å²) in [5.41, 5.74) is 0.708. The molecule has 0 radical (unpaired) electrons. The van der Waals surface area contributed by atoms with E-state index in [0.29, 0.717) is 18.0 Å². The highest BCUT2D eigenvalue weighted by molar-refractivity contribution is 7.99. The lowest BCUT2D eigenvalue weighted by atomic mass is 9.98. The van der Waals surface area contributed by atoms with E-state index in [1.54, 1.807) is 6.07 Å². The maximum absolute atomic E-state index is 14.2. The molecule has 2 rings (SSSR count). The monoisotopic (exact) mass is 330 g/mol. The third-order valence-electron chi connectivity index (χ3n) is 4.04. The van der Waals surface area contributed by atoms with Crippen LogP contribution < -0.4 is 5.32 Å². The Bertz CT molecular complexity index is 458. The molecule has 21 heavy (non-hydrogen) atoms. The lowest BCUT2D eigenvalue weighted by Gasteiger charge is -2.38. The van der Waals surface area contributed by atoms with Crippen LogP contribution in [0, 0.1) is 5.82 Å². The van der Waals surface area contributed by atoms with Crippen molar-refractivity contribution in [1.82, 2.24) is 10.2 Å². The summed E-state index contributed by atoms with van der Waals surface area (Å²) in [4.78, 5) is 2.40. The fraction of sp³-hybridized carbons (Fsp3) is 0.625. The van der Waals surface area contributed by atoms with Gasteiger partial charge in [0.25, 0.3) is 0 Å². The molecule has 1 aliphatic rings. The number of benzene rings is 1. The molecular formula is C16H24ClFN2S. The van der Waals surface area contributed by atoms with E-state index in [4.69, 9.17) is 11.6 Å². The van der Waals surface area contributed by atoms with E-state index in [-0.39, 0.29) is 16.9 Å². The molecule has 0 bridgehead atoms. The summed E-state index contributed by atoms with van der Waals surface area (Å²) >= 11 is 7.89. The van der Waals surface area contributed by atoms with Crippen LogP contribution in [0.3, 0.4) is 0 Å². The van der Waals surface area contributed by atoms with E-state index in [1.165, 1.54) is 5.75 Å². The van der Waals surface area contributed by atoms with Crippen molar-refractivity contribution < 1.29 is 4.39 Å². The number of nitrogens with zero attached hydrogens (tertiary/aromatic N) is 1. The molecule has 1 heterocycles. The molecule has 0 saturated carbocycles. The van der Waals surface area contributed by atoms with Crippen LogP contribution in [0.15, 0.2) is 18.2 Å². The maximum atomic E-state index is 14.2. The number of halogens is 2. The zero-order valence-electron chi connectivity index (χ0n) is 12.7. The van der Waals surface area contributed by atoms with Gasteiger partial charge in [0.05, 0.1) is 5.02 Å². The van der Waals surface area contributed by atoms with E-state index >= 15 is 0 Å². The van der Waals surface area contributed by atoms with Crippen molar-refractivity contribution in [2.75, 3.05) is 31.6 Å². The standard InChI is InChI=1S/C16H24ClFN2S/c1-3-7-19-14(15-11-21-9-8-20(15)2)10-12-5-4-6-13(17)16(12)18/h4-6,14-15,19H,3,7-11H2,1-2H3. The molecule has 0 aromatic heterocycles. The van der Waals surface area contributed by atoms with Crippen LogP contribution in [0.4, 0.5) is 4.39 Å². The topological polar surface area (TPSA) is 15.3 Å². The molecule has 1 aliphatic heterocycles. The summed E-state index contributed by atoms with van der Waals surface area (Å²) in [5.74, 6) is 2.01. The fourth-order valence-corrected chi connectivity index (χ4v) is 4.25. The van der Waals surface area contributed by atoms with E-state index < -0.39 is 0 Å². The minimum absolute atomic E-state index is 0.216. The minimum Gasteiger partial charge on any atom is -0.312 e. The van der Waals surface area contributed by atoms with E-state index in [1.807, 2.05) is 23.9 Å². The SMILES string of the molecule is CCCNC(Cc1cccc(Cl)c1F)C1CSCCN1C. The van der Waals surface area contributed by atoms with Crippen LogP contribution in [0.5, 0.6) is 0 Å². The lowest BCUT2D eigenvalue weighted by Crippen LogP contribution is -2.53. The summed E-state index contributed by atoms with van der Waals surface area (Å²) in [5, 5.41) is 3.82. The number of hydrogen-bond acceptors (Lipinski definition) is 3. The fourth-order valence-electron chi connectivity index (χ4n) is 2.75. The summed E-state index contributed by atoms with van der Waals surface area (Å²) in [6.45, 7) is 4.21. The van der Waals surface area contributed by atoms with Crippen LogP contribution >= 0.6 is 23.4 Å². The molecule has 0 amide bonds. The third kappa shape index (κ3) is 4.59. The first-order valence-corrected chi connectivity index (χ1v) is 9.11. The first kappa shape index (κ1) is 17.1. The minimum atomic E-state index is -0.270. The van der Waals surface area contributed by atoms with Gasteiger partial charge in [-0.15, -0.1) is 0 Å². The molecule has 118 valence electrons. The Morgan fingerprint density at radius 3 is 3.05 bits per heavy atom. The Morgan fingerprint density at radius 1 is 1.52 bits per heavy atom. The van der Waals surface area contributed by atoms with Crippen LogP contribution in [0.1, 0.15) is 18.9 Å². The molecule has 1 aromatic rings. The van der Waals surface area contributed by atoms with Crippen LogP contribution in [-0.2, 0) is 6.42 Å². The van der Waals surface area contributed by atoms with Gasteiger partial charge < -0.3 is 10.2 Å². The van der Waals surface area contributed by atoms with E-state index in [2.05, 4.69) is 24.2 Å². The average Bonchev–Trinajstić information content (AvgIpc) is 2.48. The highest BCUT2D eigenvalue weighted by Crippen LogP contribution is 2.23. The van der Waals surface area contributed by atoms with Crippen LogP contribution in [0.2, 0.25) is 5.02 Å². The molecule has 2 nitrogen and oxygen atoms in total. The Hall–Kier alpha value is -0.290. The van der Waals surface area contributed by atoms with Crippen molar-refractivity contribution in [3.8, 4) is 0 Å². The lowest BCUT2D eigenvalue weighted by molar-refractivity contribution is 0.213. The highest BCUT2D eigenvalue weighted by Gasteiger charge is 2.28. The van der Waals surface area contributed by atoms with Gasteiger partial charge in [-0.05, 0) is 38.1 Å². The average molecular weight is 331 g/mol. The number of likely N-dealkylation sites (N-methyl/N-ethyl adjacent to an activating group) is 1. The zero-order valence-corrected chi connectivity index (χ0v) is 14.3. The normalized spacial score (nSPS) is 21.4. The van der Waals surface area contributed by atoms with Gasteiger partial charge in [0, 0.05) is 30.1 Å². The Balaban J connectivity index is 2.13. The summed E-state index contributed by atoms with van der Waals surface area (Å²) in [7, 11) is 2.17. The summed E-state index contributed by atoms with van der Waals surface area (Å²) < 4.78 is 14.2. The van der Waals surface area contributed by atoms with E-state index in [0.717, 1.165) is 25.3 Å². The first-order chi connectivity index (χ1) is 10.1. The van der Waals surface area contributed by atoms with E-state index in [9.17, 15) is 4.39 Å². The smallest absolute Gasteiger partial charge is 0.145 e. The summed E-state index contributed by atoms with van der Waals surface area (Å²) in [6, 6.07) is 5.98. The molecule has 5 heteroatoms. The summed E-state index contributed by atoms with van der Waals surface area (Å²) in [6.07, 6.45) is 1.76. The quantitative estimate of drug-likeness (QED) is 0.860. The maximum Gasteiger partial charge on any atom is 0.145 e. The van der Waals surface area contributed by atoms with Gasteiger partial charge in [-0.3, -0.25) is 0 Å². The number of hydrogen-bond donors (Lipinski definition) is 1. The van der Waals surface area contributed by atoms with Gasteiger partial charge in [0.1, 0.15) is 5.82 Å². The van der Waals surface area contributed by atoms with Gasteiger partial charge in [0.2, 0.25) is 0 Å². The highest BCUT2D eigenvalue weighted by atomic mass is 35.5. The molecule has 2 atom stereocenters. The van der Waals surface area contributed by atoms with Crippen molar-refractivity contribution >= 4 is 23.4 Å². The predicted octanol–water partition coefficient (Wildman–Crippen LogP) is 3.44. The first-order valence-electron chi connectivity index (χ1n) is 7.57. The van der Waals surface area contributed by atoms with Crippen LogP contribution in [-0.4, -0.2) is 48.6 Å². The number of rotatable bonds is 6. The van der Waals surface area contributed by atoms with Crippen molar-refractivity contribution in [2.45, 2.75) is 31.8 Å². The van der Waals surface area contributed by atoms with Gasteiger partial charge >= 0.3 is 0 Å². The van der Waals surface area contributed by atoms with Crippen molar-refractivity contribution in [2.24, 2.45) is 0 Å².